The Hall–Kier alpha value is -1.05. The maximum absolute atomic E-state index is 15.4. The fourth-order valence-corrected chi connectivity index (χ4v) is 6.71. The molecule has 0 bridgehead atoms. The second-order valence-electron chi connectivity index (χ2n) is 11.3. The molecule has 0 heterocycles. The van der Waals surface area contributed by atoms with Gasteiger partial charge in [0.1, 0.15) is 0 Å². The average molecular weight is 459 g/mol. The van der Waals surface area contributed by atoms with Crippen LogP contribution in [0, 0.1) is 23.6 Å². The van der Waals surface area contributed by atoms with E-state index in [0.29, 0.717) is 11.7 Å². The molecule has 1 aromatic carbocycles. The minimum Gasteiger partial charge on any atom is -0.493 e. The molecule has 2 aliphatic rings. The minimum atomic E-state index is -0.0762. The Labute approximate surface area is 204 Å². The summed E-state index contributed by atoms with van der Waals surface area (Å²) in [5.41, 5.74) is 1.99. The molecule has 0 atom stereocenters. The largest absolute Gasteiger partial charge is 0.493 e. The van der Waals surface area contributed by atoms with Crippen LogP contribution in [0.5, 0.6) is 5.75 Å². The summed E-state index contributed by atoms with van der Waals surface area (Å²) < 4.78 is 21.1. The third-order valence-electron chi connectivity index (χ3n) is 8.90. The molecule has 2 fully saturated rings. The summed E-state index contributed by atoms with van der Waals surface area (Å²) in [6.07, 6.45) is 23.4. The number of ether oxygens (including phenoxy) is 1. The molecule has 33 heavy (non-hydrogen) atoms. The van der Waals surface area contributed by atoms with Gasteiger partial charge in [-0.05, 0) is 67.8 Å². The van der Waals surface area contributed by atoms with Gasteiger partial charge in [0, 0.05) is 5.56 Å². The van der Waals surface area contributed by atoms with E-state index in [1.54, 1.807) is 7.11 Å². The van der Waals surface area contributed by atoms with Crippen LogP contribution >= 0.6 is 0 Å². The van der Waals surface area contributed by atoms with Crippen LogP contribution in [0.4, 0.5) is 4.39 Å². The molecular weight excluding hydrogens is 407 g/mol. The third-order valence-corrected chi connectivity index (χ3v) is 8.90. The van der Waals surface area contributed by atoms with E-state index in [4.69, 9.17) is 4.74 Å². The molecule has 0 aromatic heterocycles. The molecule has 188 valence electrons. The van der Waals surface area contributed by atoms with Crippen LogP contribution in [-0.4, -0.2) is 7.11 Å². The molecular formula is C31H51FO. The van der Waals surface area contributed by atoms with E-state index < -0.39 is 0 Å². The Morgan fingerprint density at radius 2 is 1.33 bits per heavy atom. The summed E-state index contributed by atoms with van der Waals surface area (Å²) in [5, 5.41) is 0. The van der Waals surface area contributed by atoms with Gasteiger partial charge < -0.3 is 4.74 Å². The first-order chi connectivity index (χ1) is 16.2. The van der Waals surface area contributed by atoms with Crippen molar-refractivity contribution >= 4 is 0 Å². The van der Waals surface area contributed by atoms with Crippen LogP contribution in [-0.2, 0) is 6.42 Å². The standard InChI is InChI=1S/C31H51FO/c1-4-6-7-8-9-11-25-16-19-27(20-17-25)29-23-22-28(30(32)31(29)33-3)21-18-26-14-12-24(10-5-2)13-15-26/h22-27H,4-21H2,1-3H3. The van der Waals surface area contributed by atoms with E-state index in [0.717, 1.165) is 41.7 Å². The highest BCUT2D eigenvalue weighted by atomic mass is 19.1. The van der Waals surface area contributed by atoms with Crippen molar-refractivity contribution in [1.29, 1.82) is 0 Å². The average Bonchev–Trinajstić information content (AvgIpc) is 2.84. The molecule has 2 saturated carbocycles. The number of benzene rings is 1. The van der Waals surface area contributed by atoms with E-state index in [-0.39, 0.29) is 5.82 Å². The fraction of sp³-hybridized carbons (Fsp3) is 0.806. The van der Waals surface area contributed by atoms with Gasteiger partial charge in [0.05, 0.1) is 7.11 Å². The Kier molecular flexibility index (Phi) is 11.6. The summed E-state index contributed by atoms with van der Waals surface area (Å²) in [7, 11) is 1.66. The quantitative estimate of drug-likeness (QED) is 0.267. The predicted octanol–water partition coefficient (Wildman–Crippen LogP) is 10.0. The van der Waals surface area contributed by atoms with Gasteiger partial charge in [0.2, 0.25) is 0 Å². The van der Waals surface area contributed by atoms with Crippen LogP contribution in [0.25, 0.3) is 0 Å². The number of methoxy groups -OCH3 is 1. The monoisotopic (exact) mass is 458 g/mol. The topological polar surface area (TPSA) is 9.23 Å². The first kappa shape index (κ1) is 26.6. The van der Waals surface area contributed by atoms with Gasteiger partial charge in [-0.2, -0.15) is 0 Å². The van der Waals surface area contributed by atoms with Gasteiger partial charge in [-0.15, -0.1) is 0 Å². The van der Waals surface area contributed by atoms with E-state index in [9.17, 15) is 0 Å². The van der Waals surface area contributed by atoms with Crippen molar-refractivity contribution in [2.24, 2.45) is 17.8 Å². The van der Waals surface area contributed by atoms with E-state index in [1.165, 1.54) is 103 Å². The van der Waals surface area contributed by atoms with Gasteiger partial charge in [-0.3, -0.25) is 0 Å². The SMILES string of the molecule is CCCCCCCC1CCC(c2ccc(CCC3CCC(CCC)CC3)c(F)c2OC)CC1. The molecule has 0 unspecified atom stereocenters. The lowest BCUT2D eigenvalue weighted by atomic mass is 9.76. The Bertz CT molecular complexity index is 668. The highest BCUT2D eigenvalue weighted by Crippen LogP contribution is 2.43. The maximum Gasteiger partial charge on any atom is 0.168 e. The molecule has 2 aliphatic carbocycles. The minimum absolute atomic E-state index is 0.0762. The van der Waals surface area contributed by atoms with E-state index in [1.807, 2.05) is 0 Å². The molecule has 2 heteroatoms. The molecule has 0 amide bonds. The number of hydrogen-bond acceptors (Lipinski definition) is 1. The Morgan fingerprint density at radius 1 is 0.727 bits per heavy atom. The first-order valence-corrected chi connectivity index (χ1v) is 14.5. The normalized spacial score (nSPS) is 25.8. The number of rotatable bonds is 13. The molecule has 0 radical (unpaired) electrons. The number of unbranched alkanes of at least 4 members (excludes halogenated alkanes) is 4. The molecule has 0 saturated heterocycles. The van der Waals surface area contributed by atoms with Crippen molar-refractivity contribution < 1.29 is 9.13 Å². The first-order valence-electron chi connectivity index (χ1n) is 14.5. The van der Waals surface area contributed by atoms with Crippen molar-refractivity contribution in [3.8, 4) is 5.75 Å². The second kappa shape index (κ2) is 14.4. The molecule has 1 nitrogen and oxygen atoms in total. The lowest BCUT2D eigenvalue weighted by Gasteiger charge is -2.30. The smallest absolute Gasteiger partial charge is 0.168 e. The zero-order valence-corrected chi connectivity index (χ0v) is 22.0. The number of aryl methyl sites for hydroxylation is 1. The molecule has 0 spiro atoms. The lowest BCUT2D eigenvalue weighted by molar-refractivity contribution is 0.251. The summed E-state index contributed by atoms with van der Waals surface area (Å²) >= 11 is 0. The number of halogens is 1. The highest BCUT2D eigenvalue weighted by molar-refractivity contribution is 5.42. The van der Waals surface area contributed by atoms with Crippen molar-refractivity contribution in [1.82, 2.24) is 0 Å². The summed E-state index contributed by atoms with van der Waals surface area (Å²) in [5.74, 6) is 3.54. The zero-order chi connectivity index (χ0) is 23.5. The van der Waals surface area contributed by atoms with Crippen LogP contribution in [0.1, 0.15) is 140 Å². The predicted molar refractivity (Wildman–Crippen MR) is 140 cm³/mol. The van der Waals surface area contributed by atoms with Crippen LogP contribution in [0.15, 0.2) is 12.1 Å². The zero-order valence-electron chi connectivity index (χ0n) is 22.0. The van der Waals surface area contributed by atoms with Crippen LogP contribution in [0.2, 0.25) is 0 Å². The van der Waals surface area contributed by atoms with Crippen molar-refractivity contribution in [2.45, 2.75) is 135 Å². The summed E-state index contributed by atoms with van der Waals surface area (Å²) in [6, 6.07) is 4.28. The third kappa shape index (κ3) is 8.00. The van der Waals surface area contributed by atoms with Gasteiger partial charge in [0.25, 0.3) is 0 Å². The molecule has 1 aromatic rings. The van der Waals surface area contributed by atoms with E-state index in [2.05, 4.69) is 26.0 Å². The fourth-order valence-electron chi connectivity index (χ4n) is 6.71. The second-order valence-corrected chi connectivity index (χ2v) is 11.3. The van der Waals surface area contributed by atoms with Crippen LogP contribution in [0.3, 0.4) is 0 Å². The van der Waals surface area contributed by atoms with Crippen molar-refractivity contribution in [3.63, 3.8) is 0 Å². The maximum atomic E-state index is 15.4. The van der Waals surface area contributed by atoms with Crippen molar-refractivity contribution in [3.05, 3.63) is 29.1 Å². The highest BCUT2D eigenvalue weighted by Gasteiger charge is 2.27. The van der Waals surface area contributed by atoms with Gasteiger partial charge >= 0.3 is 0 Å². The van der Waals surface area contributed by atoms with Crippen molar-refractivity contribution in [2.75, 3.05) is 7.11 Å². The molecule has 0 N–H and O–H groups in total. The van der Waals surface area contributed by atoms with Gasteiger partial charge in [-0.25, -0.2) is 4.39 Å². The van der Waals surface area contributed by atoms with E-state index >= 15 is 4.39 Å². The molecule has 0 aliphatic heterocycles. The summed E-state index contributed by atoms with van der Waals surface area (Å²) in [4.78, 5) is 0. The van der Waals surface area contributed by atoms with Gasteiger partial charge in [-0.1, -0.05) is 103 Å². The summed E-state index contributed by atoms with van der Waals surface area (Å²) in [6.45, 7) is 4.58. The molecule has 3 rings (SSSR count). The number of hydrogen-bond donors (Lipinski definition) is 0. The lowest BCUT2D eigenvalue weighted by Crippen LogP contribution is -2.16. The van der Waals surface area contributed by atoms with Gasteiger partial charge in [0.15, 0.2) is 11.6 Å². The Morgan fingerprint density at radius 3 is 1.97 bits per heavy atom. The Balaban J connectivity index is 1.48. The van der Waals surface area contributed by atoms with Crippen LogP contribution < -0.4 is 4.74 Å².